The zero-order valence-electron chi connectivity index (χ0n) is 12.5. The Kier molecular flexibility index (Phi) is 5.47. The van der Waals surface area contributed by atoms with Crippen molar-refractivity contribution in [1.82, 2.24) is 9.88 Å². The topological polar surface area (TPSA) is 59.2 Å². The Morgan fingerprint density at radius 1 is 1.38 bits per heavy atom. The van der Waals surface area contributed by atoms with Gasteiger partial charge in [-0.25, -0.2) is 4.98 Å². The van der Waals surface area contributed by atoms with Crippen LogP contribution >= 0.6 is 11.3 Å². The lowest BCUT2D eigenvalue weighted by atomic mass is 10.0. The zero-order chi connectivity index (χ0) is 15.2. The maximum Gasteiger partial charge on any atom is 0.222 e. The largest absolute Gasteiger partial charge is 0.340 e. The molecule has 0 aliphatic heterocycles. The van der Waals surface area contributed by atoms with Crippen molar-refractivity contribution in [3.05, 3.63) is 52.0 Å². The van der Waals surface area contributed by atoms with Crippen LogP contribution in [0.2, 0.25) is 0 Å². The summed E-state index contributed by atoms with van der Waals surface area (Å²) in [6, 6.07) is 9.80. The molecular formula is C16H21N3OS. The molecule has 0 radical (unpaired) electrons. The average molecular weight is 303 g/mol. The van der Waals surface area contributed by atoms with E-state index >= 15 is 0 Å². The number of hydrogen-bond acceptors (Lipinski definition) is 4. The summed E-state index contributed by atoms with van der Waals surface area (Å²) in [7, 11) is 1.81. The first kappa shape index (κ1) is 15.7. The van der Waals surface area contributed by atoms with E-state index in [9.17, 15) is 4.79 Å². The van der Waals surface area contributed by atoms with Gasteiger partial charge in [-0.05, 0) is 18.9 Å². The second kappa shape index (κ2) is 7.33. The molecule has 21 heavy (non-hydrogen) atoms. The van der Waals surface area contributed by atoms with E-state index in [4.69, 9.17) is 5.73 Å². The number of amides is 1. The second-order valence-electron chi connectivity index (χ2n) is 5.16. The minimum absolute atomic E-state index is 0.0925. The molecule has 0 saturated heterocycles. The molecule has 1 heterocycles. The third kappa shape index (κ3) is 4.65. The minimum atomic E-state index is -0.0925. The summed E-state index contributed by atoms with van der Waals surface area (Å²) >= 11 is 1.60. The van der Waals surface area contributed by atoms with Crippen LogP contribution in [0.1, 0.15) is 35.1 Å². The van der Waals surface area contributed by atoms with Gasteiger partial charge < -0.3 is 10.6 Å². The molecule has 2 rings (SSSR count). The fourth-order valence-electron chi connectivity index (χ4n) is 2.15. The van der Waals surface area contributed by atoms with Gasteiger partial charge in [-0.1, -0.05) is 30.3 Å². The molecule has 1 aromatic carbocycles. The molecule has 1 amide bonds. The fraction of sp³-hybridized carbons (Fsp3) is 0.375. The van der Waals surface area contributed by atoms with E-state index in [2.05, 4.69) is 4.98 Å². The van der Waals surface area contributed by atoms with Crippen LogP contribution in [-0.4, -0.2) is 22.8 Å². The first-order valence-corrected chi connectivity index (χ1v) is 7.89. The van der Waals surface area contributed by atoms with Gasteiger partial charge >= 0.3 is 0 Å². The van der Waals surface area contributed by atoms with Crippen LogP contribution in [0, 0.1) is 6.92 Å². The van der Waals surface area contributed by atoms with Gasteiger partial charge in [-0.15, -0.1) is 11.3 Å². The average Bonchev–Trinajstić information content (AvgIpc) is 2.90. The van der Waals surface area contributed by atoms with Gasteiger partial charge in [0.1, 0.15) is 0 Å². The van der Waals surface area contributed by atoms with Crippen molar-refractivity contribution < 1.29 is 4.79 Å². The monoisotopic (exact) mass is 303 g/mol. The van der Waals surface area contributed by atoms with Crippen molar-refractivity contribution in [3.63, 3.8) is 0 Å². The van der Waals surface area contributed by atoms with Gasteiger partial charge in [0.05, 0.1) is 17.2 Å². The van der Waals surface area contributed by atoms with E-state index in [0.29, 0.717) is 19.4 Å². The Balaban J connectivity index is 1.81. The summed E-state index contributed by atoms with van der Waals surface area (Å²) in [5, 5.41) is 3.02. The summed E-state index contributed by atoms with van der Waals surface area (Å²) in [6.07, 6.45) is 1.11. The van der Waals surface area contributed by atoms with E-state index in [1.54, 1.807) is 16.2 Å². The maximum absolute atomic E-state index is 12.1. The molecule has 1 unspecified atom stereocenters. The van der Waals surface area contributed by atoms with E-state index in [-0.39, 0.29) is 11.9 Å². The number of carbonyl (C=O) groups is 1. The predicted octanol–water partition coefficient (Wildman–Crippen LogP) is 2.89. The molecular weight excluding hydrogens is 282 g/mol. The molecule has 2 N–H and O–H groups in total. The van der Waals surface area contributed by atoms with Crippen LogP contribution in [-0.2, 0) is 11.3 Å². The Hall–Kier alpha value is -1.72. The van der Waals surface area contributed by atoms with Gasteiger partial charge in [-0.2, -0.15) is 0 Å². The Morgan fingerprint density at radius 2 is 2.10 bits per heavy atom. The van der Waals surface area contributed by atoms with Crippen LogP contribution in [0.4, 0.5) is 0 Å². The number of benzene rings is 1. The molecule has 4 nitrogen and oxygen atoms in total. The molecule has 0 saturated carbocycles. The van der Waals surface area contributed by atoms with Crippen molar-refractivity contribution in [2.45, 2.75) is 32.4 Å². The van der Waals surface area contributed by atoms with Crippen molar-refractivity contribution in [2.75, 3.05) is 7.05 Å². The highest BCUT2D eigenvalue weighted by molar-refractivity contribution is 7.09. The van der Waals surface area contributed by atoms with Crippen LogP contribution in [0.3, 0.4) is 0 Å². The number of carbonyl (C=O) groups excluding carboxylic acids is 1. The van der Waals surface area contributed by atoms with E-state index in [0.717, 1.165) is 16.3 Å². The molecule has 1 aromatic heterocycles. The number of aryl methyl sites for hydroxylation is 1. The molecule has 2 aromatic rings. The van der Waals surface area contributed by atoms with Crippen LogP contribution in [0.25, 0.3) is 0 Å². The number of nitrogens with two attached hydrogens (primary N) is 1. The molecule has 5 heteroatoms. The van der Waals surface area contributed by atoms with Crippen molar-refractivity contribution in [1.29, 1.82) is 0 Å². The third-order valence-corrected chi connectivity index (χ3v) is 4.21. The quantitative estimate of drug-likeness (QED) is 0.892. The molecule has 112 valence electrons. The van der Waals surface area contributed by atoms with E-state index in [1.807, 2.05) is 49.7 Å². The van der Waals surface area contributed by atoms with Crippen molar-refractivity contribution in [2.24, 2.45) is 5.73 Å². The van der Waals surface area contributed by atoms with Gasteiger partial charge in [0, 0.05) is 24.9 Å². The Labute approximate surface area is 129 Å². The van der Waals surface area contributed by atoms with E-state index < -0.39 is 0 Å². The second-order valence-corrected chi connectivity index (χ2v) is 6.23. The standard InChI is InChI=1S/C16H21N3OS/c1-12-18-14(11-21-12)10-19(2)16(20)9-8-15(17)13-6-4-3-5-7-13/h3-7,11,15H,8-10,17H2,1-2H3. The minimum Gasteiger partial charge on any atom is -0.340 e. The highest BCUT2D eigenvalue weighted by Crippen LogP contribution is 2.16. The number of thiazole rings is 1. The van der Waals surface area contributed by atoms with Crippen LogP contribution < -0.4 is 5.73 Å². The predicted molar refractivity (Wildman–Crippen MR) is 85.9 cm³/mol. The maximum atomic E-state index is 12.1. The first-order valence-electron chi connectivity index (χ1n) is 7.01. The molecule has 0 aliphatic carbocycles. The molecule has 0 aliphatic rings. The fourth-order valence-corrected chi connectivity index (χ4v) is 2.75. The molecule has 0 fully saturated rings. The van der Waals surface area contributed by atoms with Gasteiger partial charge in [0.2, 0.25) is 5.91 Å². The van der Waals surface area contributed by atoms with Crippen LogP contribution in [0.15, 0.2) is 35.7 Å². The molecule has 0 spiro atoms. The smallest absolute Gasteiger partial charge is 0.222 e. The first-order chi connectivity index (χ1) is 10.1. The Bertz CT molecular complexity index is 582. The summed E-state index contributed by atoms with van der Waals surface area (Å²) in [6.45, 7) is 2.53. The summed E-state index contributed by atoms with van der Waals surface area (Å²) in [4.78, 5) is 18.2. The van der Waals surface area contributed by atoms with Gasteiger partial charge in [0.15, 0.2) is 0 Å². The highest BCUT2D eigenvalue weighted by Gasteiger charge is 2.13. The lowest BCUT2D eigenvalue weighted by molar-refractivity contribution is -0.130. The van der Waals surface area contributed by atoms with Crippen LogP contribution in [0.5, 0.6) is 0 Å². The van der Waals surface area contributed by atoms with Crippen molar-refractivity contribution >= 4 is 17.2 Å². The highest BCUT2D eigenvalue weighted by atomic mass is 32.1. The molecule has 1 atom stereocenters. The zero-order valence-corrected chi connectivity index (χ0v) is 13.3. The summed E-state index contributed by atoms with van der Waals surface area (Å²) < 4.78 is 0. The lowest BCUT2D eigenvalue weighted by Crippen LogP contribution is -2.27. The summed E-state index contributed by atoms with van der Waals surface area (Å²) in [5.41, 5.74) is 8.14. The lowest BCUT2D eigenvalue weighted by Gasteiger charge is -2.17. The SMILES string of the molecule is Cc1nc(CN(C)C(=O)CCC(N)c2ccccc2)cs1. The van der Waals surface area contributed by atoms with E-state index in [1.165, 1.54) is 0 Å². The van der Waals surface area contributed by atoms with Crippen molar-refractivity contribution in [3.8, 4) is 0 Å². The third-order valence-electron chi connectivity index (χ3n) is 3.39. The van der Waals surface area contributed by atoms with Gasteiger partial charge in [0.25, 0.3) is 0 Å². The number of rotatable bonds is 6. The number of nitrogens with zero attached hydrogens (tertiary/aromatic N) is 2. The molecule has 0 bridgehead atoms. The number of aromatic nitrogens is 1. The number of hydrogen-bond donors (Lipinski definition) is 1. The Morgan fingerprint density at radius 3 is 2.71 bits per heavy atom. The summed E-state index contributed by atoms with van der Waals surface area (Å²) in [5.74, 6) is 0.104. The normalized spacial score (nSPS) is 12.1. The van der Waals surface area contributed by atoms with Gasteiger partial charge in [-0.3, -0.25) is 4.79 Å².